The molecule has 0 bridgehead atoms. The van der Waals surface area contributed by atoms with Crippen LogP contribution in [0.4, 0.5) is 4.79 Å². The number of piperidine rings is 1. The number of amides is 1. The Kier molecular flexibility index (Phi) is 7.65. The number of hydrogen-bond acceptors (Lipinski definition) is 6. The number of nitrogens with zero attached hydrogens (tertiary/aromatic N) is 2. The third-order valence-corrected chi connectivity index (χ3v) is 4.68. The van der Waals surface area contributed by atoms with Gasteiger partial charge in [-0.3, -0.25) is 4.90 Å². The Morgan fingerprint density at radius 2 is 1.71 bits per heavy atom. The highest BCUT2D eigenvalue weighted by Gasteiger charge is 2.25. The van der Waals surface area contributed by atoms with Crippen LogP contribution in [0.2, 0.25) is 0 Å². The van der Waals surface area contributed by atoms with Crippen molar-refractivity contribution < 1.29 is 14.3 Å². The summed E-state index contributed by atoms with van der Waals surface area (Å²) in [5.74, 6) is 0. The lowest BCUT2D eigenvalue weighted by Crippen LogP contribution is -2.48. The number of rotatable bonds is 5. The fraction of sp³-hybridized carbons (Fsp3) is 0.941. The van der Waals surface area contributed by atoms with Gasteiger partial charge in [-0.1, -0.05) is 0 Å². The number of likely N-dealkylation sites (tertiary alicyclic amines) is 1. The van der Waals surface area contributed by atoms with Crippen LogP contribution in [-0.4, -0.2) is 85.3 Å². The van der Waals surface area contributed by atoms with E-state index in [-0.39, 0.29) is 12.1 Å². The second kappa shape index (κ2) is 9.27. The van der Waals surface area contributed by atoms with Crippen molar-refractivity contribution in [2.45, 2.75) is 50.5 Å². The van der Waals surface area contributed by atoms with Gasteiger partial charge in [-0.2, -0.15) is 12.6 Å². The van der Waals surface area contributed by atoms with Crippen molar-refractivity contribution in [3.05, 3.63) is 0 Å². The molecular weight excluding hydrogens is 326 g/mol. The molecule has 0 aromatic carbocycles. The van der Waals surface area contributed by atoms with Crippen molar-refractivity contribution in [2.24, 2.45) is 0 Å². The molecule has 2 heterocycles. The predicted octanol–water partition coefficient (Wildman–Crippen LogP) is 1.61. The van der Waals surface area contributed by atoms with E-state index in [4.69, 9.17) is 22.1 Å². The first-order valence-corrected chi connectivity index (χ1v) is 9.53. The van der Waals surface area contributed by atoms with Crippen LogP contribution in [0.3, 0.4) is 0 Å². The van der Waals surface area contributed by atoms with E-state index < -0.39 is 5.60 Å². The van der Waals surface area contributed by atoms with Gasteiger partial charge in [0.1, 0.15) is 5.60 Å². The number of ether oxygens (including phenoxy) is 2. The molecular formula is C17H33N3O3S. The normalized spacial score (nSPS) is 23.0. The monoisotopic (exact) mass is 359 g/mol. The first kappa shape index (κ1) is 19.8. The van der Waals surface area contributed by atoms with Crippen molar-refractivity contribution in [1.82, 2.24) is 15.1 Å². The zero-order valence-electron chi connectivity index (χ0n) is 15.3. The van der Waals surface area contributed by atoms with E-state index in [1.165, 1.54) is 0 Å². The van der Waals surface area contributed by atoms with Gasteiger partial charge in [0.2, 0.25) is 0 Å². The first-order chi connectivity index (χ1) is 11.3. The van der Waals surface area contributed by atoms with Gasteiger partial charge in [0.15, 0.2) is 0 Å². The summed E-state index contributed by atoms with van der Waals surface area (Å²) < 4.78 is 10.7. The van der Waals surface area contributed by atoms with Crippen LogP contribution in [0.5, 0.6) is 0 Å². The summed E-state index contributed by atoms with van der Waals surface area (Å²) in [4.78, 5) is 16.7. The molecule has 1 N–H and O–H groups in total. The molecule has 0 aromatic heterocycles. The number of thiol groups is 1. The smallest absolute Gasteiger partial charge is 0.407 e. The van der Waals surface area contributed by atoms with Crippen molar-refractivity contribution in [3.8, 4) is 0 Å². The Labute approximate surface area is 151 Å². The highest BCUT2D eigenvalue weighted by atomic mass is 32.1. The third kappa shape index (κ3) is 7.59. The summed E-state index contributed by atoms with van der Waals surface area (Å²) in [6, 6.07) is 0.216. The zero-order chi connectivity index (χ0) is 17.6. The van der Waals surface area contributed by atoms with Crippen LogP contribution in [0.15, 0.2) is 0 Å². The average Bonchev–Trinajstić information content (AvgIpc) is 2.48. The van der Waals surface area contributed by atoms with E-state index in [1.807, 2.05) is 20.8 Å². The Bertz CT molecular complexity index is 389. The molecule has 2 saturated heterocycles. The van der Waals surface area contributed by atoms with Crippen molar-refractivity contribution in [1.29, 1.82) is 0 Å². The maximum Gasteiger partial charge on any atom is 0.407 e. The van der Waals surface area contributed by atoms with Gasteiger partial charge in [-0.05, 0) is 33.6 Å². The SMILES string of the molecule is CC(C)(C)OC(=O)NC1CCN(CC(S)CN2CCOCC2)CC1. The molecule has 0 saturated carbocycles. The van der Waals surface area contributed by atoms with Gasteiger partial charge in [-0.15, -0.1) is 0 Å². The summed E-state index contributed by atoms with van der Waals surface area (Å²) in [6.07, 6.45) is 1.63. The molecule has 1 amide bonds. The molecule has 0 radical (unpaired) electrons. The minimum absolute atomic E-state index is 0.216. The molecule has 0 aliphatic carbocycles. The summed E-state index contributed by atoms with van der Waals surface area (Å²) in [7, 11) is 0. The van der Waals surface area contributed by atoms with Crippen LogP contribution in [0.25, 0.3) is 0 Å². The molecule has 0 spiro atoms. The highest BCUT2D eigenvalue weighted by Crippen LogP contribution is 2.14. The van der Waals surface area contributed by atoms with E-state index in [1.54, 1.807) is 0 Å². The molecule has 140 valence electrons. The largest absolute Gasteiger partial charge is 0.444 e. The number of carbonyl (C=O) groups is 1. The number of carbonyl (C=O) groups excluding carboxylic acids is 1. The lowest BCUT2D eigenvalue weighted by atomic mass is 10.1. The molecule has 0 aromatic rings. The molecule has 1 atom stereocenters. The van der Waals surface area contributed by atoms with Crippen LogP contribution in [0, 0.1) is 0 Å². The van der Waals surface area contributed by atoms with Gasteiger partial charge in [-0.25, -0.2) is 4.79 Å². The second-order valence-corrected chi connectivity index (χ2v) is 8.52. The standard InChI is InChI=1S/C17H33N3O3S/c1-17(2,3)23-16(21)18-14-4-6-19(7-5-14)12-15(24)13-20-8-10-22-11-9-20/h14-15,24H,4-13H2,1-3H3,(H,18,21). The van der Waals surface area contributed by atoms with Gasteiger partial charge in [0.25, 0.3) is 0 Å². The van der Waals surface area contributed by atoms with Crippen LogP contribution < -0.4 is 5.32 Å². The summed E-state index contributed by atoms with van der Waals surface area (Å²) in [6.45, 7) is 13.4. The maximum atomic E-state index is 11.8. The van der Waals surface area contributed by atoms with Crippen LogP contribution >= 0.6 is 12.6 Å². The van der Waals surface area contributed by atoms with Crippen LogP contribution in [-0.2, 0) is 9.47 Å². The van der Waals surface area contributed by atoms with E-state index in [9.17, 15) is 4.79 Å². The highest BCUT2D eigenvalue weighted by molar-refractivity contribution is 7.81. The van der Waals surface area contributed by atoms with Gasteiger partial charge >= 0.3 is 6.09 Å². The third-order valence-electron chi connectivity index (χ3n) is 4.35. The number of hydrogen-bond donors (Lipinski definition) is 2. The summed E-state index contributed by atoms with van der Waals surface area (Å²) in [5.41, 5.74) is -0.441. The zero-order valence-corrected chi connectivity index (χ0v) is 16.2. The molecule has 2 aliphatic rings. The minimum Gasteiger partial charge on any atom is -0.444 e. The molecule has 2 rings (SSSR count). The lowest BCUT2D eigenvalue weighted by Gasteiger charge is -2.35. The van der Waals surface area contributed by atoms with E-state index in [2.05, 4.69) is 15.1 Å². The van der Waals surface area contributed by atoms with E-state index in [0.29, 0.717) is 5.25 Å². The minimum atomic E-state index is -0.441. The Morgan fingerprint density at radius 1 is 1.17 bits per heavy atom. The average molecular weight is 360 g/mol. The topological polar surface area (TPSA) is 54.0 Å². The predicted molar refractivity (Wildman–Crippen MR) is 98.9 cm³/mol. The van der Waals surface area contributed by atoms with E-state index >= 15 is 0 Å². The fourth-order valence-corrected chi connectivity index (χ4v) is 3.63. The molecule has 2 aliphatic heterocycles. The lowest BCUT2D eigenvalue weighted by molar-refractivity contribution is 0.0362. The van der Waals surface area contributed by atoms with Gasteiger partial charge in [0, 0.05) is 50.6 Å². The molecule has 1 unspecified atom stereocenters. The number of alkyl carbamates (subject to hydrolysis) is 1. The Morgan fingerprint density at radius 3 is 2.25 bits per heavy atom. The Hall–Kier alpha value is -0.500. The molecule has 7 heteroatoms. The first-order valence-electron chi connectivity index (χ1n) is 9.02. The van der Waals surface area contributed by atoms with Crippen LogP contribution in [0.1, 0.15) is 33.6 Å². The quantitative estimate of drug-likeness (QED) is 0.731. The summed E-state index contributed by atoms with van der Waals surface area (Å²) >= 11 is 4.76. The second-order valence-electron chi connectivity index (χ2n) is 7.79. The fourth-order valence-electron chi connectivity index (χ4n) is 3.17. The van der Waals surface area contributed by atoms with Crippen molar-refractivity contribution >= 4 is 18.7 Å². The van der Waals surface area contributed by atoms with E-state index in [0.717, 1.165) is 65.3 Å². The molecule has 24 heavy (non-hydrogen) atoms. The van der Waals surface area contributed by atoms with Gasteiger partial charge in [0.05, 0.1) is 13.2 Å². The number of nitrogens with one attached hydrogen (secondary N) is 1. The maximum absolute atomic E-state index is 11.8. The Balaban J connectivity index is 1.62. The molecule has 2 fully saturated rings. The van der Waals surface area contributed by atoms with Gasteiger partial charge < -0.3 is 19.7 Å². The number of morpholine rings is 1. The summed E-state index contributed by atoms with van der Waals surface area (Å²) in [5, 5.41) is 3.35. The molecule has 6 nitrogen and oxygen atoms in total. The van der Waals surface area contributed by atoms with Crippen molar-refractivity contribution in [3.63, 3.8) is 0 Å². The van der Waals surface area contributed by atoms with Crippen molar-refractivity contribution in [2.75, 3.05) is 52.5 Å².